The molecule has 0 amide bonds. The van der Waals surface area contributed by atoms with Gasteiger partial charge >= 0.3 is 0 Å². The number of ketones is 1. The highest BCUT2D eigenvalue weighted by atomic mass is 16.1. The van der Waals surface area contributed by atoms with Crippen LogP contribution in [0.2, 0.25) is 0 Å². The molecule has 108 valence electrons. The SMILES string of the molecule is CCc1cc(C(=O)Cc2ccn(C(C)C)n2)n(CC)n1. The van der Waals surface area contributed by atoms with Crippen molar-refractivity contribution in [2.75, 3.05) is 0 Å². The summed E-state index contributed by atoms with van der Waals surface area (Å²) in [5, 5.41) is 8.84. The van der Waals surface area contributed by atoms with Gasteiger partial charge in [-0.05, 0) is 39.3 Å². The summed E-state index contributed by atoms with van der Waals surface area (Å²) in [6, 6.07) is 4.11. The fourth-order valence-electron chi connectivity index (χ4n) is 2.12. The Morgan fingerprint density at radius 3 is 2.55 bits per heavy atom. The van der Waals surface area contributed by atoms with E-state index < -0.39 is 0 Å². The van der Waals surface area contributed by atoms with Crippen molar-refractivity contribution < 1.29 is 4.79 Å². The summed E-state index contributed by atoms with van der Waals surface area (Å²) < 4.78 is 3.65. The van der Waals surface area contributed by atoms with E-state index in [4.69, 9.17) is 0 Å². The number of Topliss-reactive ketones (excluding diaryl/α,β-unsaturated/α-hetero) is 1. The van der Waals surface area contributed by atoms with Gasteiger partial charge in [-0.3, -0.25) is 14.2 Å². The number of hydrogen-bond donors (Lipinski definition) is 0. The van der Waals surface area contributed by atoms with Gasteiger partial charge in [0, 0.05) is 18.8 Å². The van der Waals surface area contributed by atoms with E-state index in [1.807, 2.05) is 36.9 Å². The summed E-state index contributed by atoms with van der Waals surface area (Å²) in [6.45, 7) is 8.88. The van der Waals surface area contributed by atoms with Crippen molar-refractivity contribution in [3.05, 3.63) is 35.4 Å². The molecule has 2 rings (SSSR count). The summed E-state index contributed by atoms with van der Waals surface area (Å²) in [5.74, 6) is 0.0769. The number of hydrogen-bond acceptors (Lipinski definition) is 3. The lowest BCUT2D eigenvalue weighted by Crippen LogP contribution is -2.12. The molecule has 0 aliphatic heterocycles. The van der Waals surface area contributed by atoms with Crippen LogP contribution >= 0.6 is 0 Å². The fraction of sp³-hybridized carbons (Fsp3) is 0.533. The van der Waals surface area contributed by atoms with Crippen molar-refractivity contribution in [1.82, 2.24) is 19.6 Å². The summed E-state index contributed by atoms with van der Waals surface area (Å²) in [5.41, 5.74) is 2.46. The van der Waals surface area contributed by atoms with Gasteiger partial charge in [0.25, 0.3) is 0 Å². The minimum atomic E-state index is 0.0769. The van der Waals surface area contributed by atoms with Gasteiger partial charge < -0.3 is 0 Å². The molecule has 0 saturated heterocycles. The van der Waals surface area contributed by atoms with Gasteiger partial charge in [0.15, 0.2) is 5.78 Å². The number of rotatable bonds is 6. The molecule has 2 heterocycles. The average Bonchev–Trinajstić information content (AvgIpc) is 3.04. The number of aryl methyl sites for hydroxylation is 2. The lowest BCUT2D eigenvalue weighted by atomic mass is 10.1. The zero-order valence-corrected chi connectivity index (χ0v) is 12.6. The van der Waals surface area contributed by atoms with Crippen LogP contribution in [0.5, 0.6) is 0 Å². The molecule has 0 fully saturated rings. The van der Waals surface area contributed by atoms with Gasteiger partial charge in [-0.15, -0.1) is 0 Å². The van der Waals surface area contributed by atoms with Gasteiger partial charge in [0.2, 0.25) is 0 Å². The van der Waals surface area contributed by atoms with Gasteiger partial charge in [0.1, 0.15) is 5.69 Å². The number of carbonyl (C=O) groups is 1. The van der Waals surface area contributed by atoms with Gasteiger partial charge in [-0.2, -0.15) is 10.2 Å². The second-order valence-corrected chi connectivity index (χ2v) is 5.17. The number of aromatic nitrogens is 4. The molecule has 0 aliphatic rings. The second-order valence-electron chi connectivity index (χ2n) is 5.17. The highest BCUT2D eigenvalue weighted by Crippen LogP contribution is 2.11. The van der Waals surface area contributed by atoms with Crippen LogP contribution in [-0.4, -0.2) is 25.3 Å². The molecular weight excluding hydrogens is 252 g/mol. The summed E-state index contributed by atoms with van der Waals surface area (Å²) >= 11 is 0. The molecule has 2 aromatic heterocycles. The average molecular weight is 274 g/mol. The van der Waals surface area contributed by atoms with Crippen LogP contribution in [0.1, 0.15) is 55.6 Å². The van der Waals surface area contributed by atoms with Crippen LogP contribution < -0.4 is 0 Å². The Balaban J connectivity index is 2.16. The number of nitrogens with zero attached hydrogens (tertiary/aromatic N) is 4. The van der Waals surface area contributed by atoms with Crippen molar-refractivity contribution in [1.29, 1.82) is 0 Å². The molecule has 5 nitrogen and oxygen atoms in total. The summed E-state index contributed by atoms with van der Waals surface area (Å²) in [7, 11) is 0. The first-order chi connectivity index (χ1) is 9.55. The molecule has 0 bridgehead atoms. The lowest BCUT2D eigenvalue weighted by molar-refractivity contribution is 0.0981. The summed E-state index contributed by atoms with van der Waals surface area (Å²) in [4.78, 5) is 12.4. The van der Waals surface area contributed by atoms with Crippen molar-refractivity contribution in [3.8, 4) is 0 Å². The zero-order valence-electron chi connectivity index (χ0n) is 12.6. The first-order valence-electron chi connectivity index (χ1n) is 7.19. The lowest BCUT2D eigenvalue weighted by Gasteiger charge is -2.04. The van der Waals surface area contributed by atoms with Gasteiger partial charge in [-0.25, -0.2) is 0 Å². The summed E-state index contributed by atoms with van der Waals surface area (Å²) in [6.07, 6.45) is 3.09. The monoisotopic (exact) mass is 274 g/mol. The van der Waals surface area contributed by atoms with E-state index in [0.717, 1.165) is 17.8 Å². The Hall–Kier alpha value is -1.91. The van der Waals surface area contributed by atoms with Crippen LogP contribution in [0, 0.1) is 0 Å². The van der Waals surface area contributed by atoms with E-state index in [1.54, 1.807) is 4.68 Å². The normalized spacial score (nSPS) is 11.2. The molecule has 5 heteroatoms. The third kappa shape index (κ3) is 2.98. The van der Waals surface area contributed by atoms with Crippen LogP contribution in [0.4, 0.5) is 0 Å². The Kier molecular flexibility index (Phi) is 4.37. The van der Waals surface area contributed by atoms with Crippen LogP contribution in [0.15, 0.2) is 18.3 Å². The quantitative estimate of drug-likeness (QED) is 0.761. The first kappa shape index (κ1) is 14.5. The highest BCUT2D eigenvalue weighted by Gasteiger charge is 2.16. The topological polar surface area (TPSA) is 52.7 Å². The Morgan fingerprint density at radius 1 is 1.25 bits per heavy atom. The maximum atomic E-state index is 12.4. The van der Waals surface area contributed by atoms with Crippen molar-refractivity contribution in [3.63, 3.8) is 0 Å². The van der Waals surface area contributed by atoms with Crippen LogP contribution in [-0.2, 0) is 19.4 Å². The zero-order chi connectivity index (χ0) is 14.7. The van der Waals surface area contributed by atoms with E-state index in [-0.39, 0.29) is 5.78 Å². The minimum Gasteiger partial charge on any atom is -0.292 e. The minimum absolute atomic E-state index is 0.0769. The first-order valence-corrected chi connectivity index (χ1v) is 7.19. The standard InChI is InChI=1S/C15H22N4O/c1-5-12-9-14(18(6-2)16-12)15(20)10-13-7-8-19(17-13)11(3)4/h7-9,11H,5-6,10H2,1-4H3. The van der Waals surface area contributed by atoms with Gasteiger partial charge in [0.05, 0.1) is 17.8 Å². The van der Waals surface area contributed by atoms with Crippen LogP contribution in [0.3, 0.4) is 0 Å². The molecule has 0 unspecified atom stereocenters. The molecule has 0 saturated carbocycles. The Bertz CT molecular complexity index is 595. The molecule has 0 aromatic carbocycles. The van der Waals surface area contributed by atoms with E-state index in [0.29, 0.717) is 24.7 Å². The molecule has 0 N–H and O–H groups in total. The maximum absolute atomic E-state index is 12.4. The largest absolute Gasteiger partial charge is 0.292 e. The van der Waals surface area contributed by atoms with Crippen LogP contribution in [0.25, 0.3) is 0 Å². The molecular formula is C15H22N4O. The third-order valence-electron chi connectivity index (χ3n) is 3.31. The highest BCUT2D eigenvalue weighted by molar-refractivity contribution is 5.95. The Labute approximate surface area is 119 Å². The molecule has 0 spiro atoms. The van der Waals surface area contributed by atoms with E-state index in [1.165, 1.54) is 0 Å². The molecule has 0 radical (unpaired) electrons. The molecule has 20 heavy (non-hydrogen) atoms. The Morgan fingerprint density at radius 2 is 2.00 bits per heavy atom. The number of carbonyl (C=O) groups excluding carboxylic acids is 1. The predicted molar refractivity (Wildman–Crippen MR) is 77.9 cm³/mol. The molecule has 2 aromatic rings. The van der Waals surface area contributed by atoms with Gasteiger partial charge in [-0.1, -0.05) is 6.92 Å². The van der Waals surface area contributed by atoms with Crippen molar-refractivity contribution >= 4 is 5.78 Å². The third-order valence-corrected chi connectivity index (χ3v) is 3.31. The van der Waals surface area contributed by atoms with Crippen molar-refractivity contribution in [2.24, 2.45) is 0 Å². The second kappa shape index (κ2) is 6.03. The van der Waals surface area contributed by atoms with E-state index >= 15 is 0 Å². The maximum Gasteiger partial charge on any atom is 0.186 e. The van der Waals surface area contributed by atoms with E-state index in [2.05, 4.69) is 24.0 Å². The molecule has 0 atom stereocenters. The van der Waals surface area contributed by atoms with E-state index in [9.17, 15) is 4.79 Å². The van der Waals surface area contributed by atoms with Crippen molar-refractivity contribution in [2.45, 2.75) is 53.1 Å². The fourth-order valence-corrected chi connectivity index (χ4v) is 2.12. The molecule has 0 aliphatic carbocycles. The predicted octanol–water partition coefficient (Wildman–Crippen LogP) is 2.67. The smallest absolute Gasteiger partial charge is 0.186 e.